The van der Waals surface area contributed by atoms with Crippen LogP contribution < -0.4 is 14.8 Å². The van der Waals surface area contributed by atoms with Gasteiger partial charge in [0.05, 0.1) is 19.1 Å². The molecule has 0 atom stereocenters. The number of rotatable bonds is 8. The maximum Gasteiger partial charge on any atom is 0.266 e. The van der Waals surface area contributed by atoms with Crippen molar-refractivity contribution in [1.29, 1.82) is 0 Å². The summed E-state index contributed by atoms with van der Waals surface area (Å²) < 4.78 is 23.9. The SMILES string of the molecule is COc1ccc(/C=C2\SC(=S)N(CCCC(=O)Nc3ccc(F)cc3)C2=O)cc1OC. The number of amides is 2. The van der Waals surface area contributed by atoms with Gasteiger partial charge in [-0.25, -0.2) is 4.39 Å². The summed E-state index contributed by atoms with van der Waals surface area (Å²) in [6.07, 6.45) is 2.41. The van der Waals surface area contributed by atoms with E-state index in [4.69, 9.17) is 21.7 Å². The quantitative estimate of drug-likeness (QED) is 0.463. The van der Waals surface area contributed by atoms with Crippen LogP contribution in [0.5, 0.6) is 11.5 Å². The fourth-order valence-electron chi connectivity index (χ4n) is 2.94. The average Bonchev–Trinajstić information content (AvgIpc) is 3.02. The lowest BCUT2D eigenvalue weighted by Gasteiger charge is -2.14. The molecular weight excluding hydrogens is 439 g/mol. The van der Waals surface area contributed by atoms with Gasteiger partial charge in [0.15, 0.2) is 11.5 Å². The van der Waals surface area contributed by atoms with Crippen LogP contribution in [0.3, 0.4) is 0 Å². The largest absolute Gasteiger partial charge is 0.493 e. The molecule has 3 rings (SSSR count). The first-order valence-electron chi connectivity index (χ1n) is 9.44. The van der Waals surface area contributed by atoms with Gasteiger partial charge in [-0.2, -0.15) is 0 Å². The molecule has 2 amide bonds. The van der Waals surface area contributed by atoms with E-state index in [9.17, 15) is 14.0 Å². The van der Waals surface area contributed by atoms with Crippen LogP contribution in [0.2, 0.25) is 0 Å². The number of ether oxygens (including phenoxy) is 2. The normalized spacial score (nSPS) is 14.8. The number of nitrogens with one attached hydrogen (secondary N) is 1. The second-order valence-corrected chi connectivity index (χ2v) is 8.28. The number of carbonyl (C=O) groups excluding carboxylic acids is 2. The third-order valence-electron chi connectivity index (χ3n) is 4.49. The zero-order valence-corrected chi connectivity index (χ0v) is 18.6. The smallest absolute Gasteiger partial charge is 0.266 e. The van der Waals surface area contributed by atoms with E-state index >= 15 is 0 Å². The molecule has 6 nitrogen and oxygen atoms in total. The van der Waals surface area contributed by atoms with Gasteiger partial charge in [-0.1, -0.05) is 30.0 Å². The van der Waals surface area contributed by atoms with Crippen molar-refractivity contribution in [2.24, 2.45) is 0 Å². The summed E-state index contributed by atoms with van der Waals surface area (Å²) in [5, 5.41) is 2.70. The summed E-state index contributed by atoms with van der Waals surface area (Å²) in [5.74, 6) is 0.403. The van der Waals surface area contributed by atoms with Crippen molar-refractivity contribution >= 4 is 51.9 Å². The standard InChI is InChI=1S/C22H21FN2O4S2/c1-28-17-10-5-14(12-18(17)29-2)13-19-21(27)25(22(30)31-19)11-3-4-20(26)24-16-8-6-15(23)7-9-16/h5-10,12-13H,3-4,11H2,1-2H3,(H,24,26)/b19-13-. The average molecular weight is 461 g/mol. The number of methoxy groups -OCH3 is 2. The van der Waals surface area contributed by atoms with Gasteiger partial charge in [-0.05, 0) is 54.5 Å². The third kappa shape index (κ3) is 5.83. The Kier molecular flexibility index (Phi) is 7.64. The highest BCUT2D eigenvalue weighted by atomic mass is 32.2. The second-order valence-electron chi connectivity index (χ2n) is 6.61. The van der Waals surface area contributed by atoms with E-state index < -0.39 is 0 Å². The van der Waals surface area contributed by atoms with E-state index in [1.165, 1.54) is 40.9 Å². The highest BCUT2D eigenvalue weighted by Crippen LogP contribution is 2.34. The third-order valence-corrected chi connectivity index (χ3v) is 5.87. The summed E-state index contributed by atoms with van der Waals surface area (Å²) in [4.78, 5) is 26.8. The molecule has 1 aliphatic heterocycles. The number of hydrogen-bond donors (Lipinski definition) is 1. The highest BCUT2D eigenvalue weighted by Gasteiger charge is 2.31. The summed E-state index contributed by atoms with van der Waals surface area (Å²) in [5.41, 5.74) is 1.31. The maximum atomic E-state index is 12.9. The molecule has 1 fully saturated rings. The van der Waals surface area contributed by atoms with Gasteiger partial charge in [0.2, 0.25) is 5.91 Å². The molecule has 162 valence electrons. The number of nitrogens with zero attached hydrogens (tertiary/aromatic N) is 1. The highest BCUT2D eigenvalue weighted by molar-refractivity contribution is 8.26. The Morgan fingerprint density at radius 2 is 1.87 bits per heavy atom. The van der Waals surface area contributed by atoms with Crippen LogP contribution >= 0.6 is 24.0 Å². The first-order chi connectivity index (χ1) is 14.9. The van der Waals surface area contributed by atoms with Gasteiger partial charge in [0, 0.05) is 18.7 Å². The van der Waals surface area contributed by atoms with E-state index in [2.05, 4.69) is 5.32 Å². The molecule has 0 spiro atoms. The minimum Gasteiger partial charge on any atom is -0.493 e. The molecule has 9 heteroatoms. The number of carbonyl (C=O) groups is 2. The molecule has 0 bridgehead atoms. The molecule has 0 aromatic heterocycles. The Morgan fingerprint density at radius 3 is 2.55 bits per heavy atom. The molecule has 2 aromatic rings. The fraction of sp³-hybridized carbons (Fsp3) is 0.227. The molecule has 1 aliphatic rings. The molecule has 1 heterocycles. The zero-order chi connectivity index (χ0) is 22.4. The molecule has 0 unspecified atom stereocenters. The lowest BCUT2D eigenvalue weighted by molar-refractivity contribution is -0.122. The van der Waals surface area contributed by atoms with Gasteiger partial charge in [-0.15, -0.1) is 0 Å². The molecule has 1 N–H and O–H groups in total. The number of hydrogen-bond acceptors (Lipinski definition) is 6. The number of thiocarbonyl (C=S) groups is 1. The van der Waals surface area contributed by atoms with E-state index in [0.29, 0.717) is 39.4 Å². The van der Waals surface area contributed by atoms with Crippen LogP contribution in [0.15, 0.2) is 47.4 Å². The molecule has 31 heavy (non-hydrogen) atoms. The Balaban J connectivity index is 1.57. The van der Waals surface area contributed by atoms with Crippen molar-refractivity contribution in [3.05, 3.63) is 58.8 Å². The number of thioether (sulfide) groups is 1. The topological polar surface area (TPSA) is 67.9 Å². The Labute approximate surface area is 189 Å². The first-order valence-corrected chi connectivity index (χ1v) is 10.7. The van der Waals surface area contributed by atoms with Gasteiger partial charge in [0.25, 0.3) is 5.91 Å². The van der Waals surface area contributed by atoms with Crippen LogP contribution in [0.25, 0.3) is 6.08 Å². The lowest BCUT2D eigenvalue weighted by Crippen LogP contribution is -2.29. The predicted molar refractivity (Wildman–Crippen MR) is 124 cm³/mol. The second kappa shape index (κ2) is 10.4. The monoisotopic (exact) mass is 460 g/mol. The predicted octanol–water partition coefficient (Wildman–Crippen LogP) is 4.46. The van der Waals surface area contributed by atoms with E-state index in [-0.39, 0.29) is 24.1 Å². The fourth-order valence-corrected chi connectivity index (χ4v) is 4.25. The summed E-state index contributed by atoms with van der Waals surface area (Å²) in [7, 11) is 3.11. The van der Waals surface area contributed by atoms with Crippen molar-refractivity contribution in [2.75, 3.05) is 26.1 Å². The lowest BCUT2D eigenvalue weighted by atomic mass is 10.2. The van der Waals surface area contributed by atoms with E-state index in [1.54, 1.807) is 32.4 Å². The van der Waals surface area contributed by atoms with Crippen LogP contribution in [0.1, 0.15) is 18.4 Å². The minimum atomic E-state index is -0.367. The maximum absolute atomic E-state index is 12.9. The molecule has 0 aliphatic carbocycles. The van der Waals surface area contributed by atoms with Gasteiger partial charge in [0.1, 0.15) is 10.1 Å². The molecule has 1 saturated heterocycles. The molecule has 0 saturated carbocycles. The van der Waals surface area contributed by atoms with Crippen molar-refractivity contribution in [2.45, 2.75) is 12.8 Å². The van der Waals surface area contributed by atoms with Gasteiger partial charge >= 0.3 is 0 Å². The van der Waals surface area contributed by atoms with Crippen LogP contribution in [0, 0.1) is 5.82 Å². The minimum absolute atomic E-state index is 0.191. The molecule has 0 radical (unpaired) electrons. The number of halogens is 1. The van der Waals surface area contributed by atoms with Crippen molar-refractivity contribution < 1.29 is 23.5 Å². The van der Waals surface area contributed by atoms with Crippen LogP contribution in [-0.2, 0) is 9.59 Å². The zero-order valence-electron chi connectivity index (χ0n) is 17.0. The summed E-state index contributed by atoms with van der Waals surface area (Å²) in [6, 6.07) is 10.9. The molecular formula is C22H21FN2O4S2. The Morgan fingerprint density at radius 1 is 1.16 bits per heavy atom. The summed E-state index contributed by atoms with van der Waals surface area (Å²) >= 11 is 6.57. The first kappa shape index (κ1) is 22.8. The molecule has 2 aromatic carbocycles. The van der Waals surface area contributed by atoms with Gasteiger partial charge < -0.3 is 14.8 Å². The van der Waals surface area contributed by atoms with E-state index in [1.807, 2.05) is 6.07 Å². The van der Waals surface area contributed by atoms with Crippen molar-refractivity contribution in [1.82, 2.24) is 4.90 Å². The van der Waals surface area contributed by atoms with Crippen LogP contribution in [0.4, 0.5) is 10.1 Å². The Bertz CT molecular complexity index is 1020. The summed E-state index contributed by atoms with van der Waals surface area (Å²) in [6.45, 7) is 0.338. The van der Waals surface area contributed by atoms with E-state index in [0.717, 1.165) is 5.56 Å². The Hall–Kier alpha value is -2.91. The van der Waals surface area contributed by atoms with Crippen LogP contribution in [-0.4, -0.2) is 41.8 Å². The number of anilines is 1. The van der Waals surface area contributed by atoms with Crippen molar-refractivity contribution in [3.8, 4) is 11.5 Å². The number of benzene rings is 2. The van der Waals surface area contributed by atoms with Gasteiger partial charge in [-0.3, -0.25) is 14.5 Å². The van der Waals surface area contributed by atoms with Crippen molar-refractivity contribution in [3.63, 3.8) is 0 Å².